The average molecular weight is 732 g/mol. The van der Waals surface area contributed by atoms with Gasteiger partial charge in [-0.1, -0.05) is 71.8 Å². The van der Waals surface area contributed by atoms with E-state index < -0.39 is 13.7 Å². The summed E-state index contributed by atoms with van der Waals surface area (Å²) in [4.78, 5) is 8.73. The van der Waals surface area contributed by atoms with E-state index in [2.05, 4.69) is 67.1 Å². The van der Waals surface area contributed by atoms with Crippen molar-refractivity contribution < 1.29 is 29.3 Å². The minimum Gasteiger partial charge on any atom is -0.304 e. The Kier molecular flexibility index (Phi) is 7.90. The molecule has 0 aliphatic rings. The number of aromatic nitrogens is 2. The number of hydrogen-bond donors (Lipinski definition) is 0. The Bertz CT molecular complexity index is 1990. The predicted molar refractivity (Wildman–Crippen MR) is 172 cm³/mol. The minimum atomic E-state index is -2.54. The molecule has 0 spiro atoms. The third-order valence-corrected chi connectivity index (χ3v) is 6.85. The molecule has 0 unspecified atom stereocenters. The van der Waals surface area contributed by atoms with Crippen LogP contribution < -0.4 is 0 Å². The van der Waals surface area contributed by atoms with Crippen molar-refractivity contribution in [3.63, 3.8) is 0 Å². The van der Waals surface area contributed by atoms with Crippen molar-refractivity contribution in [2.75, 3.05) is 0 Å². The Labute approximate surface area is 273 Å². The molecule has 0 saturated heterocycles. The van der Waals surface area contributed by atoms with Crippen LogP contribution in [-0.4, -0.2) is 9.97 Å². The van der Waals surface area contributed by atoms with Crippen LogP contribution in [0.15, 0.2) is 116 Å². The summed E-state index contributed by atoms with van der Waals surface area (Å²) in [5.41, 5.74) is 10.8. The molecular formula is C39H34N2Pt. The molecule has 0 atom stereocenters. The van der Waals surface area contributed by atoms with Crippen molar-refractivity contribution in [1.82, 2.24) is 9.97 Å². The first-order valence-corrected chi connectivity index (χ1v) is 13.4. The summed E-state index contributed by atoms with van der Waals surface area (Å²) in [5, 5.41) is 0. The van der Waals surface area contributed by atoms with Gasteiger partial charge in [0.15, 0.2) is 0 Å². The van der Waals surface area contributed by atoms with E-state index >= 15 is 0 Å². The van der Waals surface area contributed by atoms with Gasteiger partial charge in [0.2, 0.25) is 0 Å². The Balaban J connectivity index is 0.000000217. The van der Waals surface area contributed by atoms with Gasteiger partial charge in [-0.15, -0.1) is 71.3 Å². The van der Waals surface area contributed by atoms with E-state index in [9.17, 15) is 0 Å². The summed E-state index contributed by atoms with van der Waals surface area (Å²) in [6.07, 6.45) is 3.08. The van der Waals surface area contributed by atoms with E-state index in [1.54, 1.807) is 6.07 Å². The Morgan fingerprint density at radius 1 is 0.548 bits per heavy atom. The zero-order chi connectivity index (χ0) is 33.8. The van der Waals surface area contributed by atoms with Crippen LogP contribution >= 0.6 is 0 Å². The number of hydrogen-bond acceptors (Lipinski definition) is 2. The van der Waals surface area contributed by atoms with Crippen LogP contribution in [0.1, 0.15) is 36.0 Å². The summed E-state index contributed by atoms with van der Waals surface area (Å²) in [6, 6.07) is 39.6. The standard InChI is InChI=1S/C20H18N.C19H16N.Pt/c1-14-9-10-18(15(2)11-14)19-12-20(21-13-16(19)3)17-7-5-4-6-8-17;1-14-11-19(20-13-15(14)2)18-10-6-9-17(12-18)16-7-4-3-5-8-16;/h4-7,9-13H,1-3H3;3-9,11-13H,1-2H3;/q2*-1;+2/i;1D3,2D3;. The van der Waals surface area contributed by atoms with Gasteiger partial charge in [0.25, 0.3) is 0 Å². The second kappa shape index (κ2) is 14.2. The van der Waals surface area contributed by atoms with Gasteiger partial charge < -0.3 is 9.97 Å². The number of nitrogens with zero attached hydrogens (tertiary/aromatic N) is 2. The Morgan fingerprint density at radius 3 is 1.98 bits per heavy atom. The molecule has 2 heterocycles. The first-order chi connectivity index (χ1) is 22.3. The van der Waals surface area contributed by atoms with Gasteiger partial charge in [0.05, 0.1) is 0 Å². The molecule has 0 aliphatic carbocycles. The molecule has 2 aromatic heterocycles. The molecule has 4 aromatic carbocycles. The maximum absolute atomic E-state index is 7.67. The van der Waals surface area contributed by atoms with E-state index in [0.717, 1.165) is 28.6 Å². The molecule has 6 rings (SSSR count). The molecule has 0 aliphatic heterocycles. The largest absolute Gasteiger partial charge is 2.00 e. The van der Waals surface area contributed by atoms with Crippen LogP contribution in [0, 0.1) is 46.6 Å². The molecule has 0 saturated carbocycles. The molecule has 0 fully saturated rings. The zero-order valence-electron chi connectivity index (χ0n) is 29.7. The molecule has 0 amide bonds. The van der Waals surface area contributed by atoms with Gasteiger partial charge in [-0.3, -0.25) is 0 Å². The molecular weight excluding hydrogens is 692 g/mol. The fraction of sp³-hybridized carbons (Fsp3) is 0.128. The fourth-order valence-corrected chi connectivity index (χ4v) is 4.66. The summed E-state index contributed by atoms with van der Waals surface area (Å²) in [7, 11) is 0. The second-order valence-electron chi connectivity index (χ2n) is 9.95. The maximum atomic E-state index is 7.67. The first kappa shape index (κ1) is 23.4. The van der Waals surface area contributed by atoms with Crippen molar-refractivity contribution in [3.05, 3.63) is 155 Å². The van der Waals surface area contributed by atoms with E-state index in [1.807, 2.05) is 72.9 Å². The van der Waals surface area contributed by atoms with Crippen molar-refractivity contribution in [2.45, 2.75) is 34.5 Å². The maximum Gasteiger partial charge on any atom is 2.00 e. The minimum absolute atomic E-state index is 0. The smallest absolute Gasteiger partial charge is 0.304 e. The van der Waals surface area contributed by atoms with Crippen LogP contribution in [-0.2, 0) is 21.1 Å². The quantitative estimate of drug-likeness (QED) is 0.169. The van der Waals surface area contributed by atoms with Gasteiger partial charge in [0.1, 0.15) is 0 Å². The molecule has 0 radical (unpaired) electrons. The summed E-state index contributed by atoms with van der Waals surface area (Å²) in [5.74, 6) is 0. The van der Waals surface area contributed by atoms with Gasteiger partial charge in [-0.2, -0.15) is 0 Å². The number of rotatable bonds is 4. The molecule has 0 N–H and O–H groups in total. The van der Waals surface area contributed by atoms with E-state index in [1.165, 1.54) is 33.9 Å². The van der Waals surface area contributed by atoms with Crippen LogP contribution in [0.25, 0.3) is 44.8 Å². The van der Waals surface area contributed by atoms with Crippen LogP contribution in [0.5, 0.6) is 0 Å². The number of pyridine rings is 2. The molecule has 3 heteroatoms. The molecule has 210 valence electrons. The molecule has 0 bridgehead atoms. The first-order valence-electron chi connectivity index (χ1n) is 16.4. The Morgan fingerprint density at radius 2 is 1.26 bits per heavy atom. The van der Waals surface area contributed by atoms with Gasteiger partial charge >= 0.3 is 21.1 Å². The van der Waals surface area contributed by atoms with Crippen LogP contribution in [0.3, 0.4) is 0 Å². The van der Waals surface area contributed by atoms with E-state index in [-0.39, 0.29) is 32.2 Å². The van der Waals surface area contributed by atoms with Gasteiger partial charge in [-0.25, -0.2) is 0 Å². The monoisotopic (exact) mass is 731 g/mol. The predicted octanol–water partition coefficient (Wildman–Crippen LogP) is 9.97. The second-order valence-corrected chi connectivity index (χ2v) is 9.95. The number of benzene rings is 4. The SMILES string of the molecule is Cc1ccc(-c2cc(-c3[c-]cccc3)ncc2C)c(C)c1.[2H]C([2H])([2H])c1cnc(-c2[c-]ccc(-c3ccccc3)c2)cc1C([2H])([2H])[2H].[Pt+2]. The molecule has 2 nitrogen and oxygen atoms in total. The zero-order valence-corrected chi connectivity index (χ0v) is 26.0. The summed E-state index contributed by atoms with van der Waals surface area (Å²) < 4.78 is 45.7. The number of aryl methyl sites for hydroxylation is 5. The van der Waals surface area contributed by atoms with Crippen LogP contribution in [0.4, 0.5) is 0 Å². The summed E-state index contributed by atoms with van der Waals surface area (Å²) >= 11 is 0. The third-order valence-electron chi connectivity index (χ3n) is 6.85. The van der Waals surface area contributed by atoms with Crippen molar-refractivity contribution in [3.8, 4) is 44.8 Å². The average Bonchev–Trinajstić information content (AvgIpc) is 3.05. The fourth-order valence-electron chi connectivity index (χ4n) is 4.66. The molecule has 6 aromatic rings. The van der Waals surface area contributed by atoms with Crippen molar-refractivity contribution in [2.24, 2.45) is 0 Å². The normalized spacial score (nSPS) is 13.0. The van der Waals surface area contributed by atoms with E-state index in [0.29, 0.717) is 11.3 Å². The topological polar surface area (TPSA) is 25.8 Å². The van der Waals surface area contributed by atoms with Crippen LogP contribution in [0.2, 0.25) is 0 Å². The third kappa shape index (κ3) is 7.38. The summed E-state index contributed by atoms with van der Waals surface area (Å²) in [6.45, 7) is 1.32. The van der Waals surface area contributed by atoms with E-state index in [4.69, 9.17) is 8.22 Å². The molecule has 42 heavy (non-hydrogen) atoms. The van der Waals surface area contributed by atoms with Crippen molar-refractivity contribution >= 4 is 0 Å². The van der Waals surface area contributed by atoms with Gasteiger partial charge in [0, 0.05) is 20.6 Å². The Hall–Kier alpha value is -4.13. The van der Waals surface area contributed by atoms with Gasteiger partial charge in [-0.05, 0) is 79.2 Å². The van der Waals surface area contributed by atoms with Crippen molar-refractivity contribution in [1.29, 1.82) is 0 Å².